The minimum absolute atomic E-state index is 0.154. The van der Waals surface area contributed by atoms with Gasteiger partial charge in [-0.1, -0.05) is 78.1 Å². The maximum absolute atomic E-state index is 13.6. The maximum Gasteiger partial charge on any atom is 0.243 e. The molecule has 0 saturated heterocycles. The highest BCUT2D eigenvalue weighted by Gasteiger charge is 2.30. The molecule has 3 aromatic rings. The number of carbonyl (C=O) groups is 2. The largest absolute Gasteiger partial charge is 0.494 e. The van der Waals surface area contributed by atoms with Gasteiger partial charge in [0.2, 0.25) is 11.8 Å². The lowest BCUT2D eigenvalue weighted by molar-refractivity contribution is -0.141. The number of hydrogen-bond donors (Lipinski definition) is 1. The van der Waals surface area contributed by atoms with Crippen molar-refractivity contribution in [1.29, 1.82) is 0 Å². The smallest absolute Gasteiger partial charge is 0.243 e. The van der Waals surface area contributed by atoms with Gasteiger partial charge in [-0.15, -0.1) is 0 Å². The van der Waals surface area contributed by atoms with Crippen LogP contribution in [0, 0.1) is 0 Å². The summed E-state index contributed by atoms with van der Waals surface area (Å²) in [5.74, 6) is 0.336. The quantitative estimate of drug-likeness (QED) is 0.229. The third kappa shape index (κ3) is 9.26. The number of amides is 2. The summed E-state index contributed by atoms with van der Waals surface area (Å²) >= 11 is 18.5. The fourth-order valence-corrected chi connectivity index (χ4v) is 4.44. The number of ether oxygens (including phenoxy) is 1. The molecule has 1 unspecified atom stereocenters. The zero-order valence-electron chi connectivity index (χ0n) is 20.8. The van der Waals surface area contributed by atoms with Crippen molar-refractivity contribution in [3.63, 3.8) is 0 Å². The van der Waals surface area contributed by atoms with Crippen molar-refractivity contribution in [2.45, 2.75) is 45.2 Å². The van der Waals surface area contributed by atoms with E-state index in [-0.39, 0.29) is 24.8 Å². The van der Waals surface area contributed by atoms with E-state index in [2.05, 4.69) is 5.32 Å². The summed E-state index contributed by atoms with van der Waals surface area (Å²) in [5.41, 5.74) is 1.68. The Hall–Kier alpha value is -2.73. The van der Waals surface area contributed by atoms with E-state index < -0.39 is 6.04 Å². The first-order chi connectivity index (χ1) is 17.9. The molecule has 3 rings (SSSR count). The van der Waals surface area contributed by atoms with Crippen LogP contribution in [0.5, 0.6) is 5.75 Å². The summed E-state index contributed by atoms with van der Waals surface area (Å²) in [6.45, 7) is 3.06. The van der Waals surface area contributed by atoms with Gasteiger partial charge in [0.1, 0.15) is 11.8 Å². The standard InChI is InChI=1S/C29H31Cl3N2O3/c1-2-16-33-29(36)27(18-21-7-4-3-5-8-21)34(20-22-10-11-24(31)19-26(22)32)28(35)9-6-17-37-25-14-12-23(30)13-15-25/h3-5,7-8,10-15,19,27H,2,6,9,16-18,20H2,1H3,(H,33,36). The zero-order chi connectivity index (χ0) is 26.6. The van der Waals surface area contributed by atoms with Gasteiger partial charge < -0.3 is 15.0 Å². The Balaban J connectivity index is 1.80. The average Bonchev–Trinajstić information content (AvgIpc) is 2.89. The lowest BCUT2D eigenvalue weighted by Crippen LogP contribution is -2.50. The molecular weight excluding hydrogens is 531 g/mol. The van der Waals surface area contributed by atoms with Crippen molar-refractivity contribution < 1.29 is 14.3 Å². The minimum Gasteiger partial charge on any atom is -0.494 e. The van der Waals surface area contributed by atoms with Crippen molar-refractivity contribution in [2.75, 3.05) is 13.2 Å². The normalized spacial score (nSPS) is 11.6. The lowest BCUT2D eigenvalue weighted by Gasteiger charge is -2.32. The number of rotatable bonds is 13. The van der Waals surface area contributed by atoms with E-state index in [1.54, 1.807) is 47.4 Å². The van der Waals surface area contributed by atoms with E-state index in [0.717, 1.165) is 17.5 Å². The van der Waals surface area contributed by atoms with Crippen molar-refractivity contribution in [3.05, 3.63) is 99.0 Å². The maximum atomic E-state index is 13.6. The molecule has 0 spiro atoms. The summed E-state index contributed by atoms with van der Waals surface area (Å²) in [6, 6.07) is 21.2. The fraction of sp³-hybridized carbons (Fsp3) is 0.310. The second kappa shape index (κ2) is 14.9. The third-order valence-corrected chi connectivity index (χ3v) is 6.63. The highest BCUT2D eigenvalue weighted by molar-refractivity contribution is 6.35. The Morgan fingerprint density at radius 1 is 0.946 bits per heavy atom. The van der Waals surface area contributed by atoms with Gasteiger partial charge in [0.25, 0.3) is 0 Å². The monoisotopic (exact) mass is 560 g/mol. The van der Waals surface area contributed by atoms with Gasteiger partial charge in [-0.3, -0.25) is 9.59 Å². The van der Waals surface area contributed by atoms with Crippen molar-refractivity contribution in [1.82, 2.24) is 10.2 Å². The Morgan fingerprint density at radius 3 is 2.32 bits per heavy atom. The molecule has 0 heterocycles. The second-order valence-corrected chi connectivity index (χ2v) is 9.94. The van der Waals surface area contributed by atoms with E-state index in [1.165, 1.54) is 0 Å². The predicted molar refractivity (Wildman–Crippen MR) is 150 cm³/mol. The van der Waals surface area contributed by atoms with E-state index in [9.17, 15) is 9.59 Å². The molecule has 0 aromatic heterocycles. The van der Waals surface area contributed by atoms with Crippen LogP contribution in [0.15, 0.2) is 72.8 Å². The first-order valence-corrected chi connectivity index (χ1v) is 13.4. The molecule has 1 N–H and O–H groups in total. The molecule has 0 radical (unpaired) electrons. The summed E-state index contributed by atoms with van der Waals surface area (Å²) in [5, 5.41) is 4.55. The van der Waals surface area contributed by atoms with Crippen LogP contribution in [0.3, 0.4) is 0 Å². The zero-order valence-corrected chi connectivity index (χ0v) is 23.0. The van der Waals surface area contributed by atoms with Gasteiger partial charge in [-0.2, -0.15) is 0 Å². The van der Waals surface area contributed by atoms with Gasteiger partial charge in [0.05, 0.1) is 6.61 Å². The second-order valence-electron chi connectivity index (χ2n) is 8.66. The summed E-state index contributed by atoms with van der Waals surface area (Å²) in [7, 11) is 0. The number of halogens is 3. The molecule has 0 aliphatic carbocycles. The molecule has 3 aromatic carbocycles. The Morgan fingerprint density at radius 2 is 1.65 bits per heavy atom. The topological polar surface area (TPSA) is 58.6 Å². The van der Waals surface area contributed by atoms with E-state index in [4.69, 9.17) is 39.5 Å². The molecule has 196 valence electrons. The van der Waals surface area contributed by atoms with Gasteiger partial charge in [-0.05, 0) is 60.4 Å². The summed E-state index contributed by atoms with van der Waals surface area (Å²) in [6.07, 6.45) is 1.88. The van der Waals surface area contributed by atoms with Gasteiger partial charge >= 0.3 is 0 Å². The number of nitrogens with zero attached hydrogens (tertiary/aromatic N) is 1. The van der Waals surface area contributed by atoms with Crippen LogP contribution in [0.2, 0.25) is 15.1 Å². The molecule has 0 fully saturated rings. The van der Waals surface area contributed by atoms with Crippen LogP contribution >= 0.6 is 34.8 Å². The lowest BCUT2D eigenvalue weighted by atomic mass is 10.0. The molecule has 0 bridgehead atoms. The summed E-state index contributed by atoms with van der Waals surface area (Å²) < 4.78 is 5.75. The number of nitrogens with one attached hydrogen (secondary N) is 1. The van der Waals surface area contributed by atoms with Crippen LogP contribution in [-0.4, -0.2) is 35.9 Å². The van der Waals surface area contributed by atoms with Crippen LogP contribution < -0.4 is 10.1 Å². The summed E-state index contributed by atoms with van der Waals surface area (Å²) in [4.78, 5) is 28.5. The predicted octanol–water partition coefficient (Wildman–Crippen LogP) is 6.97. The first kappa shape index (κ1) is 28.8. The van der Waals surface area contributed by atoms with Crippen molar-refractivity contribution in [2.24, 2.45) is 0 Å². The Kier molecular flexibility index (Phi) is 11.6. The molecule has 0 aliphatic heterocycles. The molecule has 0 saturated carbocycles. The van der Waals surface area contributed by atoms with Gasteiger partial charge in [0, 0.05) is 41.0 Å². The molecule has 8 heteroatoms. The minimum atomic E-state index is -0.703. The van der Waals surface area contributed by atoms with Gasteiger partial charge in [0.15, 0.2) is 0 Å². The third-order valence-electron chi connectivity index (χ3n) is 5.79. The number of benzene rings is 3. The van der Waals surface area contributed by atoms with Crippen LogP contribution in [0.25, 0.3) is 0 Å². The average molecular weight is 562 g/mol. The highest BCUT2D eigenvalue weighted by atomic mass is 35.5. The van der Waals surface area contributed by atoms with Crippen molar-refractivity contribution >= 4 is 46.6 Å². The Labute approximate surface area is 233 Å². The highest BCUT2D eigenvalue weighted by Crippen LogP contribution is 2.25. The molecular formula is C29H31Cl3N2O3. The SMILES string of the molecule is CCCNC(=O)C(Cc1ccccc1)N(Cc1ccc(Cl)cc1Cl)C(=O)CCCOc1ccc(Cl)cc1. The molecule has 2 amide bonds. The van der Waals surface area contributed by atoms with Crippen LogP contribution in [-0.2, 0) is 22.6 Å². The van der Waals surface area contributed by atoms with E-state index in [1.807, 2.05) is 37.3 Å². The molecule has 5 nitrogen and oxygen atoms in total. The molecule has 1 atom stereocenters. The number of hydrogen-bond acceptors (Lipinski definition) is 3. The van der Waals surface area contributed by atoms with Crippen LogP contribution in [0.1, 0.15) is 37.3 Å². The van der Waals surface area contributed by atoms with Gasteiger partial charge in [-0.25, -0.2) is 0 Å². The molecule has 0 aliphatic rings. The van der Waals surface area contributed by atoms with Crippen LogP contribution in [0.4, 0.5) is 0 Å². The number of carbonyl (C=O) groups excluding carboxylic acids is 2. The molecule has 37 heavy (non-hydrogen) atoms. The fourth-order valence-electron chi connectivity index (χ4n) is 3.84. The van der Waals surface area contributed by atoms with E-state index >= 15 is 0 Å². The first-order valence-electron chi connectivity index (χ1n) is 12.3. The van der Waals surface area contributed by atoms with Crippen molar-refractivity contribution in [3.8, 4) is 5.75 Å². The Bertz CT molecular complexity index is 1160. The van der Waals surface area contributed by atoms with E-state index in [0.29, 0.717) is 46.8 Å².